The summed E-state index contributed by atoms with van der Waals surface area (Å²) < 4.78 is 72.8. The van der Waals surface area contributed by atoms with Gasteiger partial charge in [0.25, 0.3) is 0 Å². The number of pyridine rings is 1. The lowest BCUT2D eigenvalue weighted by Gasteiger charge is -2.28. The van der Waals surface area contributed by atoms with Gasteiger partial charge in [0.15, 0.2) is 5.43 Å². The molecule has 49 heavy (non-hydrogen) atoms. The smallest absolute Gasteiger partial charge is 0.336 e. The van der Waals surface area contributed by atoms with Crippen molar-refractivity contribution < 1.29 is 26.7 Å². The van der Waals surface area contributed by atoms with Gasteiger partial charge in [-0.1, -0.05) is 74.5 Å². The van der Waals surface area contributed by atoms with E-state index in [1.54, 1.807) is 70.1 Å². The van der Waals surface area contributed by atoms with E-state index in [9.17, 15) is 31.5 Å². The number of nitrogens with zero attached hydrogens (tertiary/aromatic N) is 3. The third-order valence-corrected chi connectivity index (χ3v) is 8.84. The number of carbonyl (C=O) groups excluding carboxylic acids is 1. The molecule has 4 aromatic carbocycles. The second-order valence-electron chi connectivity index (χ2n) is 11.9. The predicted molar refractivity (Wildman–Crippen MR) is 182 cm³/mol. The van der Waals surface area contributed by atoms with E-state index in [4.69, 9.17) is 0 Å². The van der Waals surface area contributed by atoms with Crippen molar-refractivity contribution in [3.05, 3.63) is 141 Å². The minimum atomic E-state index is -4.62. The molecule has 1 aromatic heterocycles. The molecule has 0 radical (unpaired) electrons. The van der Waals surface area contributed by atoms with Crippen molar-refractivity contribution in [3.8, 4) is 11.1 Å². The second-order valence-corrected chi connectivity index (χ2v) is 11.9. The zero-order valence-electron chi connectivity index (χ0n) is 27.4. The topological polar surface area (TPSA) is 45.5 Å². The number of rotatable bonds is 13. The van der Waals surface area contributed by atoms with Crippen molar-refractivity contribution in [2.45, 2.75) is 46.0 Å². The Hall–Kier alpha value is -4.83. The molecule has 10 heteroatoms. The van der Waals surface area contributed by atoms with E-state index >= 15 is 0 Å². The molecular weight excluding hydrogens is 637 g/mol. The predicted octanol–water partition coefficient (Wildman–Crippen LogP) is 8.12. The molecule has 0 aliphatic rings. The lowest BCUT2D eigenvalue weighted by molar-refractivity contribution is -0.137. The first-order chi connectivity index (χ1) is 23.5. The maximum atomic E-state index is 14.5. The van der Waals surface area contributed by atoms with E-state index in [2.05, 4.69) is 4.90 Å². The van der Waals surface area contributed by atoms with Crippen LogP contribution in [0.5, 0.6) is 0 Å². The highest BCUT2D eigenvalue weighted by molar-refractivity contribution is 5.83. The largest absolute Gasteiger partial charge is 0.417 e. The SMILES string of the molecule is CCN(CC)CCN(Cc1ccc(-c2ccccc2)c(C(F)(F)F)c1)C(=O)Cn1c(CCc2ccc(F)cc2F)cc(=O)c2ccccc21. The fourth-order valence-electron chi connectivity index (χ4n) is 6.10. The van der Waals surface area contributed by atoms with Crippen LogP contribution in [0.4, 0.5) is 22.0 Å². The number of alkyl halides is 3. The van der Waals surface area contributed by atoms with Crippen LogP contribution < -0.4 is 5.43 Å². The van der Waals surface area contributed by atoms with Crippen LogP contribution in [-0.4, -0.2) is 46.5 Å². The Morgan fingerprint density at radius 2 is 1.51 bits per heavy atom. The third-order valence-electron chi connectivity index (χ3n) is 8.84. The Labute approximate surface area is 282 Å². The number of para-hydroxylation sites is 1. The molecule has 1 amide bonds. The molecule has 0 N–H and O–H groups in total. The van der Waals surface area contributed by atoms with Crippen molar-refractivity contribution >= 4 is 16.8 Å². The van der Waals surface area contributed by atoms with Gasteiger partial charge in [0.1, 0.15) is 18.2 Å². The Balaban J connectivity index is 1.50. The highest BCUT2D eigenvalue weighted by Gasteiger charge is 2.34. The lowest BCUT2D eigenvalue weighted by atomic mass is 9.97. The van der Waals surface area contributed by atoms with E-state index < -0.39 is 23.4 Å². The molecule has 0 aliphatic heterocycles. The van der Waals surface area contributed by atoms with E-state index in [-0.39, 0.29) is 54.9 Å². The van der Waals surface area contributed by atoms with Crippen LogP contribution in [0, 0.1) is 11.6 Å². The van der Waals surface area contributed by atoms with Crippen molar-refractivity contribution in [2.75, 3.05) is 26.2 Å². The molecule has 0 unspecified atom stereocenters. The van der Waals surface area contributed by atoms with E-state index in [1.807, 2.05) is 13.8 Å². The van der Waals surface area contributed by atoms with Crippen LogP contribution in [0.1, 0.15) is 36.2 Å². The molecule has 5 nitrogen and oxygen atoms in total. The van der Waals surface area contributed by atoms with Crippen LogP contribution in [0.3, 0.4) is 0 Å². The molecule has 0 saturated carbocycles. The summed E-state index contributed by atoms with van der Waals surface area (Å²) in [5, 5.41) is 0.396. The number of aromatic nitrogens is 1. The zero-order valence-corrected chi connectivity index (χ0v) is 27.4. The van der Waals surface area contributed by atoms with Gasteiger partial charge >= 0.3 is 6.18 Å². The Morgan fingerprint density at radius 3 is 2.20 bits per heavy atom. The quantitative estimate of drug-likeness (QED) is 0.119. The number of hydrogen-bond donors (Lipinski definition) is 0. The number of halogens is 5. The van der Waals surface area contributed by atoms with Gasteiger partial charge < -0.3 is 14.4 Å². The minimum Gasteiger partial charge on any atom is -0.336 e. The third kappa shape index (κ3) is 8.61. The highest BCUT2D eigenvalue weighted by atomic mass is 19.4. The van der Waals surface area contributed by atoms with Crippen molar-refractivity contribution in [1.82, 2.24) is 14.4 Å². The van der Waals surface area contributed by atoms with Gasteiger partial charge in [-0.3, -0.25) is 9.59 Å². The molecule has 256 valence electrons. The Morgan fingerprint density at radius 1 is 0.796 bits per heavy atom. The Kier molecular flexibility index (Phi) is 11.3. The molecule has 0 fully saturated rings. The van der Waals surface area contributed by atoms with Crippen molar-refractivity contribution in [1.29, 1.82) is 0 Å². The maximum absolute atomic E-state index is 14.5. The Bertz CT molecular complexity index is 1970. The molecular formula is C39H38F5N3O2. The van der Waals surface area contributed by atoms with Gasteiger partial charge in [-0.2, -0.15) is 13.2 Å². The molecule has 0 atom stereocenters. The molecule has 1 heterocycles. The normalized spacial score (nSPS) is 11.8. The first-order valence-electron chi connectivity index (χ1n) is 16.3. The van der Waals surface area contributed by atoms with Gasteiger partial charge in [-0.15, -0.1) is 0 Å². The van der Waals surface area contributed by atoms with Crippen molar-refractivity contribution in [2.24, 2.45) is 0 Å². The average Bonchev–Trinajstić information content (AvgIpc) is 3.09. The summed E-state index contributed by atoms with van der Waals surface area (Å²) in [6.07, 6.45) is -4.28. The fraction of sp³-hybridized carbons (Fsp3) is 0.282. The molecule has 5 rings (SSSR count). The van der Waals surface area contributed by atoms with Crippen LogP contribution >= 0.6 is 0 Å². The van der Waals surface area contributed by atoms with Crippen LogP contribution in [0.15, 0.2) is 102 Å². The van der Waals surface area contributed by atoms with Crippen LogP contribution in [0.25, 0.3) is 22.0 Å². The first kappa shape index (κ1) is 35.5. The maximum Gasteiger partial charge on any atom is 0.417 e. The van der Waals surface area contributed by atoms with Gasteiger partial charge in [-0.25, -0.2) is 8.78 Å². The first-order valence-corrected chi connectivity index (χ1v) is 16.3. The standard InChI is InChI=1S/C39H38F5N3O2/c1-3-45(4-2)20-21-46(25-27-14-19-32(28-10-6-5-7-11-28)34(22-27)39(42,43)44)38(49)26-47-31(18-16-29-15-17-30(40)23-35(29)41)24-37(48)33-12-8-9-13-36(33)47/h5-15,17,19,22-24H,3-4,16,18,20-21,25-26H2,1-2H3. The number of amides is 1. The monoisotopic (exact) mass is 675 g/mol. The highest BCUT2D eigenvalue weighted by Crippen LogP contribution is 2.38. The fourth-order valence-corrected chi connectivity index (χ4v) is 6.10. The number of hydrogen-bond acceptors (Lipinski definition) is 3. The summed E-state index contributed by atoms with van der Waals surface area (Å²) in [4.78, 5) is 31.0. The minimum absolute atomic E-state index is 0.0554. The van der Waals surface area contributed by atoms with Gasteiger partial charge in [0, 0.05) is 42.8 Å². The number of fused-ring (bicyclic) bond motifs is 1. The molecule has 0 spiro atoms. The van der Waals surface area contributed by atoms with Crippen LogP contribution in [-0.2, 0) is 36.9 Å². The molecule has 5 aromatic rings. The number of likely N-dealkylation sites (N-methyl/N-ethyl adjacent to an activating group) is 1. The van der Waals surface area contributed by atoms with Gasteiger partial charge in [0.2, 0.25) is 5.91 Å². The van der Waals surface area contributed by atoms with E-state index in [1.165, 1.54) is 24.3 Å². The average molecular weight is 676 g/mol. The number of carbonyl (C=O) groups is 1. The number of benzene rings is 4. The molecule has 0 bridgehead atoms. The zero-order chi connectivity index (χ0) is 35.1. The van der Waals surface area contributed by atoms with E-state index in [0.29, 0.717) is 34.3 Å². The molecule has 0 saturated heterocycles. The number of aryl methyl sites for hydroxylation is 2. The summed E-state index contributed by atoms with van der Waals surface area (Å²) in [6.45, 7) is 5.96. The second kappa shape index (κ2) is 15.6. The summed E-state index contributed by atoms with van der Waals surface area (Å²) in [5.74, 6) is -1.75. The van der Waals surface area contributed by atoms with Gasteiger partial charge in [-0.05, 0) is 72.5 Å². The lowest BCUT2D eigenvalue weighted by Crippen LogP contribution is -2.40. The van der Waals surface area contributed by atoms with Crippen molar-refractivity contribution in [3.63, 3.8) is 0 Å². The van der Waals surface area contributed by atoms with E-state index in [0.717, 1.165) is 25.2 Å². The van der Waals surface area contributed by atoms with Gasteiger partial charge in [0.05, 0.1) is 11.1 Å². The summed E-state index contributed by atoms with van der Waals surface area (Å²) >= 11 is 0. The summed E-state index contributed by atoms with van der Waals surface area (Å²) in [6, 6.07) is 24.1. The summed E-state index contributed by atoms with van der Waals surface area (Å²) in [5.41, 5.74) is 1.04. The molecule has 0 aliphatic carbocycles. The van der Waals surface area contributed by atoms with Crippen LogP contribution in [0.2, 0.25) is 0 Å². The summed E-state index contributed by atoms with van der Waals surface area (Å²) in [7, 11) is 0.